The van der Waals surface area contributed by atoms with Gasteiger partial charge in [0.2, 0.25) is 5.91 Å². The first kappa shape index (κ1) is 19.3. The maximum Gasteiger partial charge on any atom is 0.337 e. The van der Waals surface area contributed by atoms with Gasteiger partial charge < -0.3 is 15.0 Å². The van der Waals surface area contributed by atoms with Gasteiger partial charge in [-0.15, -0.1) is 11.8 Å². The van der Waals surface area contributed by atoms with Gasteiger partial charge in [0.1, 0.15) is 0 Å². The molecule has 0 spiro atoms. The Labute approximate surface area is 164 Å². The molecule has 1 saturated heterocycles. The van der Waals surface area contributed by atoms with E-state index in [1.165, 1.54) is 7.11 Å². The lowest BCUT2D eigenvalue weighted by Crippen LogP contribution is -2.21. The third-order valence-corrected chi connectivity index (χ3v) is 5.49. The number of benzene rings is 2. The number of methoxy groups -OCH3 is 1. The first-order valence-electron chi connectivity index (χ1n) is 9.12. The van der Waals surface area contributed by atoms with E-state index >= 15 is 0 Å². The molecule has 1 fully saturated rings. The van der Waals surface area contributed by atoms with Gasteiger partial charge in [0.25, 0.3) is 0 Å². The molecule has 2 aromatic carbocycles. The SMILES string of the molecule is COC(=O)c1ccc(N2CCCC2)c(NC(=O)CCSc2ccccc2)c1. The van der Waals surface area contributed by atoms with Crippen LogP contribution in [-0.4, -0.2) is 37.8 Å². The molecule has 142 valence electrons. The monoisotopic (exact) mass is 384 g/mol. The lowest BCUT2D eigenvalue weighted by Gasteiger charge is -2.22. The molecule has 2 aromatic rings. The third-order valence-electron chi connectivity index (χ3n) is 4.48. The van der Waals surface area contributed by atoms with Crippen LogP contribution in [0.25, 0.3) is 0 Å². The largest absolute Gasteiger partial charge is 0.465 e. The quantitative estimate of drug-likeness (QED) is 0.573. The van der Waals surface area contributed by atoms with Crippen LogP contribution >= 0.6 is 11.8 Å². The van der Waals surface area contributed by atoms with E-state index < -0.39 is 5.97 Å². The predicted octanol–water partition coefficient (Wildman–Crippen LogP) is 4.19. The fraction of sp³-hybridized carbons (Fsp3) is 0.333. The molecule has 0 saturated carbocycles. The van der Waals surface area contributed by atoms with Gasteiger partial charge in [0.15, 0.2) is 0 Å². The Kier molecular flexibility index (Phi) is 6.76. The topological polar surface area (TPSA) is 58.6 Å². The number of esters is 1. The number of carbonyl (C=O) groups excluding carboxylic acids is 2. The molecule has 1 aliphatic heterocycles. The molecule has 1 aliphatic rings. The van der Waals surface area contributed by atoms with Crippen molar-refractivity contribution >= 4 is 35.0 Å². The Morgan fingerprint density at radius 3 is 2.56 bits per heavy atom. The average molecular weight is 385 g/mol. The molecule has 6 heteroatoms. The van der Waals surface area contributed by atoms with E-state index in [0.717, 1.165) is 36.5 Å². The van der Waals surface area contributed by atoms with E-state index in [1.54, 1.807) is 23.9 Å². The molecule has 1 amide bonds. The molecule has 0 bridgehead atoms. The fourth-order valence-electron chi connectivity index (χ4n) is 3.11. The first-order valence-corrected chi connectivity index (χ1v) is 10.1. The Hall–Kier alpha value is -2.47. The number of ether oxygens (including phenoxy) is 1. The molecule has 0 unspecified atom stereocenters. The average Bonchev–Trinajstić information content (AvgIpc) is 3.22. The molecular formula is C21H24N2O3S. The van der Waals surface area contributed by atoms with Gasteiger partial charge in [-0.3, -0.25) is 4.79 Å². The van der Waals surface area contributed by atoms with Gasteiger partial charge in [-0.25, -0.2) is 4.79 Å². The predicted molar refractivity (Wildman–Crippen MR) is 110 cm³/mol. The summed E-state index contributed by atoms with van der Waals surface area (Å²) in [7, 11) is 1.36. The zero-order valence-corrected chi connectivity index (χ0v) is 16.3. The van der Waals surface area contributed by atoms with E-state index in [2.05, 4.69) is 10.2 Å². The highest BCUT2D eigenvalue weighted by Gasteiger charge is 2.19. The highest BCUT2D eigenvalue weighted by molar-refractivity contribution is 7.99. The van der Waals surface area contributed by atoms with E-state index in [-0.39, 0.29) is 5.91 Å². The van der Waals surface area contributed by atoms with Crippen LogP contribution in [0.1, 0.15) is 29.6 Å². The number of hydrogen-bond acceptors (Lipinski definition) is 5. The number of hydrogen-bond donors (Lipinski definition) is 1. The van der Waals surface area contributed by atoms with Crippen molar-refractivity contribution in [1.82, 2.24) is 0 Å². The van der Waals surface area contributed by atoms with Gasteiger partial charge in [-0.2, -0.15) is 0 Å². The van der Waals surface area contributed by atoms with Gasteiger partial charge in [0, 0.05) is 30.2 Å². The molecule has 0 atom stereocenters. The zero-order chi connectivity index (χ0) is 19.1. The maximum absolute atomic E-state index is 12.5. The number of rotatable bonds is 7. The van der Waals surface area contributed by atoms with E-state index in [4.69, 9.17) is 4.74 Å². The third kappa shape index (κ3) is 5.26. The molecule has 27 heavy (non-hydrogen) atoms. The molecule has 3 rings (SSSR count). The van der Waals surface area contributed by atoms with Gasteiger partial charge in [-0.1, -0.05) is 18.2 Å². The van der Waals surface area contributed by atoms with Crippen molar-refractivity contribution in [1.29, 1.82) is 0 Å². The van der Waals surface area contributed by atoms with Crippen LogP contribution in [0.3, 0.4) is 0 Å². The van der Waals surface area contributed by atoms with Gasteiger partial charge >= 0.3 is 5.97 Å². The van der Waals surface area contributed by atoms with E-state index in [1.807, 2.05) is 36.4 Å². The smallest absolute Gasteiger partial charge is 0.337 e. The normalized spacial score (nSPS) is 13.4. The van der Waals surface area contributed by atoms with Gasteiger partial charge in [-0.05, 0) is 43.2 Å². The summed E-state index contributed by atoms with van der Waals surface area (Å²) < 4.78 is 4.81. The molecule has 1 N–H and O–H groups in total. The zero-order valence-electron chi connectivity index (χ0n) is 15.4. The van der Waals surface area contributed by atoms with Crippen LogP contribution in [-0.2, 0) is 9.53 Å². The summed E-state index contributed by atoms with van der Waals surface area (Å²) in [5.74, 6) is 0.241. The summed E-state index contributed by atoms with van der Waals surface area (Å²) in [6, 6.07) is 15.4. The standard InChI is InChI=1S/C21H24N2O3S/c1-26-21(25)16-9-10-19(23-12-5-6-13-23)18(15-16)22-20(24)11-14-27-17-7-3-2-4-8-17/h2-4,7-10,15H,5-6,11-14H2,1H3,(H,22,24). The second kappa shape index (κ2) is 9.46. The number of amides is 1. The minimum Gasteiger partial charge on any atom is -0.465 e. The van der Waals surface area contributed by atoms with Crippen LogP contribution in [0.15, 0.2) is 53.4 Å². The van der Waals surface area contributed by atoms with Crippen molar-refractivity contribution in [2.75, 3.05) is 36.2 Å². The lowest BCUT2D eigenvalue weighted by atomic mass is 10.1. The highest BCUT2D eigenvalue weighted by atomic mass is 32.2. The van der Waals surface area contributed by atoms with Crippen molar-refractivity contribution in [2.24, 2.45) is 0 Å². The van der Waals surface area contributed by atoms with Crippen LogP contribution < -0.4 is 10.2 Å². The summed E-state index contributed by atoms with van der Waals surface area (Å²) >= 11 is 1.66. The van der Waals surface area contributed by atoms with Crippen LogP contribution in [0.4, 0.5) is 11.4 Å². The lowest BCUT2D eigenvalue weighted by molar-refractivity contribution is -0.115. The van der Waals surface area contributed by atoms with Crippen molar-refractivity contribution in [3.05, 3.63) is 54.1 Å². The summed E-state index contributed by atoms with van der Waals surface area (Å²) in [6.07, 6.45) is 2.68. The molecule has 5 nitrogen and oxygen atoms in total. The number of thioether (sulfide) groups is 1. The Balaban J connectivity index is 1.67. The van der Waals surface area contributed by atoms with Crippen molar-refractivity contribution in [2.45, 2.75) is 24.2 Å². The minimum atomic E-state index is -0.405. The highest BCUT2D eigenvalue weighted by Crippen LogP contribution is 2.30. The minimum absolute atomic E-state index is 0.0547. The van der Waals surface area contributed by atoms with Crippen molar-refractivity contribution < 1.29 is 14.3 Å². The van der Waals surface area contributed by atoms with Crippen molar-refractivity contribution in [3.8, 4) is 0 Å². The molecule has 0 aliphatic carbocycles. The fourth-order valence-corrected chi connectivity index (χ4v) is 3.98. The molecule has 0 aromatic heterocycles. The van der Waals surface area contributed by atoms with E-state index in [0.29, 0.717) is 23.4 Å². The van der Waals surface area contributed by atoms with Gasteiger partial charge in [0.05, 0.1) is 24.0 Å². The molecular weight excluding hydrogens is 360 g/mol. The molecule has 0 radical (unpaired) electrons. The Bertz CT molecular complexity index is 789. The second-order valence-electron chi connectivity index (χ2n) is 6.38. The summed E-state index contributed by atoms with van der Waals surface area (Å²) in [6.45, 7) is 1.93. The number of carbonyl (C=O) groups is 2. The van der Waals surface area contributed by atoms with Crippen molar-refractivity contribution in [3.63, 3.8) is 0 Å². The summed E-state index contributed by atoms with van der Waals surface area (Å²) in [4.78, 5) is 27.7. The summed E-state index contributed by atoms with van der Waals surface area (Å²) in [5, 5.41) is 2.99. The molecule has 1 heterocycles. The summed E-state index contributed by atoms with van der Waals surface area (Å²) in [5.41, 5.74) is 2.08. The van der Waals surface area contributed by atoms with E-state index in [9.17, 15) is 9.59 Å². The number of nitrogens with zero attached hydrogens (tertiary/aromatic N) is 1. The van der Waals surface area contributed by atoms with Crippen LogP contribution in [0, 0.1) is 0 Å². The number of nitrogens with one attached hydrogen (secondary N) is 1. The number of anilines is 2. The maximum atomic E-state index is 12.5. The second-order valence-corrected chi connectivity index (χ2v) is 7.55. The van der Waals surface area contributed by atoms with Crippen LogP contribution in [0.5, 0.6) is 0 Å². The first-order chi connectivity index (χ1) is 13.2. The Morgan fingerprint density at radius 1 is 1.11 bits per heavy atom. The van der Waals surface area contributed by atoms with Crippen LogP contribution in [0.2, 0.25) is 0 Å². The Morgan fingerprint density at radius 2 is 1.85 bits per heavy atom.